The van der Waals surface area contributed by atoms with Gasteiger partial charge in [0.25, 0.3) is 0 Å². The van der Waals surface area contributed by atoms with Crippen LogP contribution >= 0.6 is 0 Å². The molecule has 0 aliphatic rings. The summed E-state index contributed by atoms with van der Waals surface area (Å²) < 4.78 is 0. The highest BCUT2D eigenvalue weighted by Crippen LogP contribution is 2.21. The second kappa shape index (κ2) is 5.85. The van der Waals surface area contributed by atoms with Gasteiger partial charge < -0.3 is 10.4 Å². The van der Waals surface area contributed by atoms with Gasteiger partial charge in [-0.2, -0.15) is 0 Å². The number of nitrogens with one attached hydrogen (secondary N) is 1. The first kappa shape index (κ1) is 14.1. The van der Waals surface area contributed by atoms with Crippen molar-refractivity contribution in [3.63, 3.8) is 0 Å². The van der Waals surface area contributed by atoms with Crippen LogP contribution in [0.3, 0.4) is 0 Å². The van der Waals surface area contributed by atoms with E-state index in [1.165, 1.54) is 6.92 Å². The molecule has 4 nitrogen and oxygen atoms in total. The number of carbonyl (C=O) groups excluding carboxylic acids is 2. The molecule has 1 atom stereocenters. The molecule has 1 unspecified atom stereocenters. The number of aliphatic hydroxyl groups excluding tert-OH is 1. The summed E-state index contributed by atoms with van der Waals surface area (Å²) in [6, 6.07) is -0.102. The summed E-state index contributed by atoms with van der Waals surface area (Å²) in [5, 5.41) is 11.6. The summed E-state index contributed by atoms with van der Waals surface area (Å²) in [6.45, 7) is 7.38. The van der Waals surface area contributed by atoms with Gasteiger partial charge in [-0.3, -0.25) is 9.59 Å². The normalized spacial score (nSPS) is 13.4. The average Bonchev–Trinajstić information content (AvgIpc) is 2.00. The van der Waals surface area contributed by atoms with Crippen LogP contribution < -0.4 is 5.32 Å². The number of hydrogen-bond donors (Lipinski definition) is 2. The topological polar surface area (TPSA) is 66.4 Å². The number of carbonyl (C=O) groups is 2. The Kier molecular flexibility index (Phi) is 5.50. The number of rotatable bonds is 5. The second-order valence-electron chi connectivity index (χ2n) is 4.88. The summed E-state index contributed by atoms with van der Waals surface area (Å²) >= 11 is 0. The SMILES string of the molecule is CC(=O)CC(=O)NC(CCO)C(C)(C)C. The van der Waals surface area contributed by atoms with Crippen molar-refractivity contribution in [2.24, 2.45) is 5.41 Å². The van der Waals surface area contributed by atoms with Gasteiger partial charge in [-0.1, -0.05) is 20.8 Å². The molecule has 0 saturated carbocycles. The zero-order valence-electron chi connectivity index (χ0n) is 9.96. The van der Waals surface area contributed by atoms with E-state index in [1.807, 2.05) is 20.8 Å². The first-order chi connectivity index (χ1) is 6.77. The van der Waals surface area contributed by atoms with Gasteiger partial charge in [0.15, 0.2) is 0 Å². The molecule has 0 spiro atoms. The number of Topliss-reactive ketones (excluding diaryl/α,β-unsaturated/α-hetero) is 1. The first-order valence-electron chi connectivity index (χ1n) is 5.17. The Morgan fingerprint density at radius 2 is 1.87 bits per heavy atom. The fourth-order valence-corrected chi connectivity index (χ4v) is 1.32. The molecule has 0 aromatic rings. The van der Waals surface area contributed by atoms with Crippen molar-refractivity contribution in [1.82, 2.24) is 5.32 Å². The number of ketones is 1. The molecular weight excluding hydrogens is 194 g/mol. The lowest BCUT2D eigenvalue weighted by atomic mass is 9.85. The molecule has 0 aromatic heterocycles. The molecule has 0 rings (SSSR count). The number of amides is 1. The molecular formula is C11H21NO3. The predicted molar refractivity (Wildman–Crippen MR) is 58.4 cm³/mol. The van der Waals surface area contributed by atoms with Crippen LogP contribution in [0.5, 0.6) is 0 Å². The smallest absolute Gasteiger partial charge is 0.227 e. The Hall–Kier alpha value is -0.900. The summed E-state index contributed by atoms with van der Waals surface area (Å²) in [4.78, 5) is 22.1. The molecule has 2 N–H and O–H groups in total. The minimum Gasteiger partial charge on any atom is -0.396 e. The third kappa shape index (κ3) is 6.23. The average molecular weight is 215 g/mol. The van der Waals surface area contributed by atoms with Gasteiger partial charge in [0.1, 0.15) is 5.78 Å². The van der Waals surface area contributed by atoms with Gasteiger partial charge in [0, 0.05) is 12.6 Å². The third-order valence-electron chi connectivity index (χ3n) is 2.21. The van der Waals surface area contributed by atoms with E-state index < -0.39 is 0 Å². The van der Waals surface area contributed by atoms with Crippen LogP contribution in [-0.2, 0) is 9.59 Å². The van der Waals surface area contributed by atoms with Crippen molar-refractivity contribution in [2.45, 2.75) is 46.6 Å². The molecule has 0 aliphatic carbocycles. The number of aliphatic hydroxyl groups is 1. The van der Waals surface area contributed by atoms with Crippen LogP contribution in [0.1, 0.15) is 40.5 Å². The Morgan fingerprint density at radius 1 is 1.33 bits per heavy atom. The van der Waals surface area contributed by atoms with Crippen LogP contribution in [0.4, 0.5) is 0 Å². The highest BCUT2D eigenvalue weighted by atomic mass is 16.3. The monoisotopic (exact) mass is 215 g/mol. The predicted octanol–water partition coefficient (Wildman–Crippen LogP) is 0.879. The van der Waals surface area contributed by atoms with E-state index in [4.69, 9.17) is 5.11 Å². The van der Waals surface area contributed by atoms with Gasteiger partial charge in [-0.15, -0.1) is 0 Å². The van der Waals surface area contributed by atoms with E-state index in [0.29, 0.717) is 6.42 Å². The fourth-order valence-electron chi connectivity index (χ4n) is 1.32. The van der Waals surface area contributed by atoms with Gasteiger partial charge in [-0.25, -0.2) is 0 Å². The zero-order valence-corrected chi connectivity index (χ0v) is 9.96. The summed E-state index contributed by atoms with van der Waals surface area (Å²) in [5.41, 5.74) is -0.116. The zero-order chi connectivity index (χ0) is 12.1. The molecule has 88 valence electrons. The Bertz CT molecular complexity index is 230. The van der Waals surface area contributed by atoms with Gasteiger partial charge in [-0.05, 0) is 18.8 Å². The summed E-state index contributed by atoms with van der Waals surface area (Å²) in [7, 11) is 0. The summed E-state index contributed by atoms with van der Waals surface area (Å²) in [5.74, 6) is -0.417. The van der Waals surface area contributed by atoms with Gasteiger partial charge >= 0.3 is 0 Å². The lowest BCUT2D eigenvalue weighted by molar-refractivity contribution is -0.128. The minimum atomic E-state index is -0.268. The maximum atomic E-state index is 11.4. The van der Waals surface area contributed by atoms with Gasteiger partial charge in [0.05, 0.1) is 6.42 Å². The highest BCUT2D eigenvalue weighted by Gasteiger charge is 2.25. The first-order valence-corrected chi connectivity index (χ1v) is 5.17. The molecule has 0 heterocycles. The Labute approximate surface area is 91.1 Å². The molecule has 0 aromatic carbocycles. The maximum absolute atomic E-state index is 11.4. The van der Waals surface area contributed by atoms with Crippen molar-refractivity contribution >= 4 is 11.7 Å². The molecule has 0 fully saturated rings. The molecule has 1 amide bonds. The number of hydrogen-bond acceptors (Lipinski definition) is 3. The molecule has 0 bridgehead atoms. The molecule has 15 heavy (non-hydrogen) atoms. The van der Waals surface area contributed by atoms with E-state index in [0.717, 1.165) is 0 Å². The quantitative estimate of drug-likeness (QED) is 0.669. The van der Waals surface area contributed by atoms with Crippen molar-refractivity contribution < 1.29 is 14.7 Å². The molecule has 0 radical (unpaired) electrons. The fraction of sp³-hybridized carbons (Fsp3) is 0.818. The lowest BCUT2D eigenvalue weighted by Gasteiger charge is -2.31. The van der Waals surface area contributed by atoms with Crippen LogP contribution in [0, 0.1) is 5.41 Å². The maximum Gasteiger partial charge on any atom is 0.227 e. The third-order valence-corrected chi connectivity index (χ3v) is 2.21. The van der Waals surface area contributed by atoms with E-state index in [2.05, 4.69) is 5.32 Å². The van der Waals surface area contributed by atoms with Crippen molar-refractivity contribution in [3.05, 3.63) is 0 Å². The van der Waals surface area contributed by atoms with Crippen LogP contribution in [0.25, 0.3) is 0 Å². The van der Waals surface area contributed by atoms with E-state index >= 15 is 0 Å². The van der Waals surface area contributed by atoms with Gasteiger partial charge in [0.2, 0.25) is 5.91 Å². The van der Waals surface area contributed by atoms with Crippen LogP contribution in [0.15, 0.2) is 0 Å². The van der Waals surface area contributed by atoms with Crippen LogP contribution in [0.2, 0.25) is 0 Å². The Morgan fingerprint density at radius 3 is 2.20 bits per heavy atom. The molecule has 0 saturated heterocycles. The van der Waals surface area contributed by atoms with Crippen molar-refractivity contribution in [3.8, 4) is 0 Å². The lowest BCUT2D eigenvalue weighted by Crippen LogP contribution is -2.44. The second-order valence-corrected chi connectivity index (χ2v) is 4.88. The van der Waals surface area contributed by atoms with E-state index in [1.54, 1.807) is 0 Å². The molecule has 0 aliphatic heterocycles. The van der Waals surface area contributed by atoms with E-state index in [9.17, 15) is 9.59 Å². The Balaban J connectivity index is 4.29. The largest absolute Gasteiger partial charge is 0.396 e. The minimum absolute atomic E-state index is 0.0300. The van der Waals surface area contributed by atoms with Crippen molar-refractivity contribution in [1.29, 1.82) is 0 Å². The van der Waals surface area contributed by atoms with Crippen LogP contribution in [-0.4, -0.2) is 29.4 Å². The standard InChI is InChI=1S/C11H21NO3/c1-8(14)7-10(15)12-9(5-6-13)11(2,3)4/h9,13H,5-7H2,1-4H3,(H,12,15). The van der Waals surface area contributed by atoms with Crippen molar-refractivity contribution in [2.75, 3.05) is 6.61 Å². The summed E-state index contributed by atoms with van der Waals surface area (Å²) in [6.07, 6.45) is 0.422. The van der Waals surface area contributed by atoms with E-state index in [-0.39, 0.29) is 36.2 Å². The highest BCUT2D eigenvalue weighted by molar-refractivity contribution is 5.96. The molecule has 4 heteroatoms.